The molecule has 5 nitrogen and oxygen atoms in total. The van der Waals surface area contributed by atoms with Crippen LogP contribution in [0.2, 0.25) is 0 Å². The van der Waals surface area contributed by atoms with E-state index in [4.69, 9.17) is 0 Å². The van der Waals surface area contributed by atoms with E-state index in [0.29, 0.717) is 24.2 Å². The van der Waals surface area contributed by atoms with E-state index in [0.717, 1.165) is 25.8 Å². The second kappa shape index (κ2) is 8.06. The Morgan fingerprint density at radius 1 is 1.27 bits per heavy atom. The highest BCUT2D eigenvalue weighted by Gasteiger charge is 2.21. The van der Waals surface area contributed by atoms with Crippen LogP contribution in [0.5, 0.6) is 0 Å². The van der Waals surface area contributed by atoms with Crippen molar-refractivity contribution in [1.82, 2.24) is 4.90 Å². The average Bonchev–Trinajstić information content (AvgIpc) is 2.53. The zero-order valence-corrected chi connectivity index (χ0v) is 13.0. The van der Waals surface area contributed by atoms with Crippen molar-refractivity contribution in [3.8, 4) is 0 Å². The first-order valence-electron chi connectivity index (χ1n) is 7.86. The average molecular weight is 304 g/mol. The summed E-state index contributed by atoms with van der Waals surface area (Å²) in [6.45, 7) is 3.30. The molecule has 0 bridgehead atoms. The number of aliphatic hydroxyl groups is 1. The van der Waals surface area contributed by atoms with Crippen LogP contribution in [0, 0.1) is 0 Å². The lowest BCUT2D eigenvalue weighted by atomic mass is 10.0. The number of rotatable bonds is 6. The molecule has 1 heterocycles. The third kappa shape index (κ3) is 4.64. The zero-order chi connectivity index (χ0) is 15.9. The number of Topliss-reactive ketones (excluding diaryl/α,β-unsaturated/α-hetero) is 1. The number of hydrogen-bond acceptors (Lipinski definition) is 4. The molecule has 2 rings (SSSR count). The van der Waals surface area contributed by atoms with Crippen molar-refractivity contribution in [2.45, 2.75) is 38.6 Å². The summed E-state index contributed by atoms with van der Waals surface area (Å²) in [4.78, 5) is 25.4. The molecule has 1 aromatic rings. The topological polar surface area (TPSA) is 69.6 Å². The molecule has 0 aromatic heterocycles. The first-order chi connectivity index (χ1) is 10.6. The Kier molecular flexibility index (Phi) is 6.10. The fraction of sp³-hybridized carbons (Fsp3) is 0.529. The van der Waals surface area contributed by atoms with Crippen molar-refractivity contribution < 1.29 is 14.7 Å². The predicted molar refractivity (Wildman–Crippen MR) is 86.0 cm³/mol. The van der Waals surface area contributed by atoms with E-state index in [-0.39, 0.29) is 24.3 Å². The number of ketones is 1. The maximum absolute atomic E-state index is 12.0. The van der Waals surface area contributed by atoms with Crippen molar-refractivity contribution >= 4 is 17.4 Å². The number of likely N-dealkylation sites (tertiary alicyclic amines) is 1. The molecular weight excluding hydrogens is 280 g/mol. The number of anilines is 1. The molecular formula is C17H24N2O3. The first kappa shape index (κ1) is 16.6. The monoisotopic (exact) mass is 304 g/mol. The largest absolute Gasteiger partial charge is 0.395 e. The molecule has 0 radical (unpaired) electrons. The molecule has 5 heteroatoms. The molecule has 1 unspecified atom stereocenters. The minimum absolute atomic E-state index is 0.0121. The Labute approximate surface area is 131 Å². The van der Waals surface area contributed by atoms with Crippen molar-refractivity contribution in [2.75, 3.05) is 25.0 Å². The Balaban J connectivity index is 1.81. The molecule has 1 fully saturated rings. The molecule has 22 heavy (non-hydrogen) atoms. The summed E-state index contributed by atoms with van der Waals surface area (Å²) in [5, 5.41) is 12.2. The van der Waals surface area contributed by atoms with E-state index >= 15 is 0 Å². The third-order valence-electron chi connectivity index (χ3n) is 4.16. The lowest BCUT2D eigenvalue weighted by Gasteiger charge is -2.34. The summed E-state index contributed by atoms with van der Waals surface area (Å²) in [5.41, 5.74) is 1.34. The summed E-state index contributed by atoms with van der Waals surface area (Å²) in [6, 6.07) is 7.10. The van der Waals surface area contributed by atoms with Crippen molar-refractivity contribution in [1.29, 1.82) is 0 Å². The number of piperidine rings is 1. The molecule has 0 aliphatic carbocycles. The highest BCUT2D eigenvalue weighted by molar-refractivity contribution is 5.95. The van der Waals surface area contributed by atoms with Crippen LogP contribution < -0.4 is 5.32 Å². The van der Waals surface area contributed by atoms with Gasteiger partial charge in [-0.3, -0.25) is 14.5 Å². The van der Waals surface area contributed by atoms with Gasteiger partial charge < -0.3 is 10.4 Å². The minimum atomic E-state index is -0.0437. The van der Waals surface area contributed by atoms with Crippen LogP contribution in [0.4, 0.5) is 5.69 Å². The van der Waals surface area contributed by atoms with Crippen molar-refractivity contribution in [3.05, 3.63) is 29.8 Å². The van der Waals surface area contributed by atoms with Gasteiger partial charge in [0, 0.05) is 30.3 Å². The van der Waals surface area contributed by atoms with Gasteiger partial charge in [0.1, 0.15) is 0 Å². The molecule has 1 atom stereocenters. The molecule has 1 aromatic carbocycles. The van der Waals surface area contributed by atoms with Gasteiger partial charge in [-0.25, -0.2) is 0 Å². The Morgan fingerprint density at radius 2 is 2.00 bits per heavy atom. The second-order valence-corrected chi connectivity index (χ2v) is 5.80. The van der Waals surface area contributed by atoms with Crippen molar-refractivity contribution in [3.63, 3.8) is 0 Å². The summed E-state index contributed by atoms with van der Waals surface area (Å²) in [6.07, 6.45) is 3.69. The van der Waals surface area contributed by atoms with Gasteiger partial charge in [0.15, 0.2) is 5.78 Å². The normalized spacial score (nSPS) is 18.9. The number of nitrogens with one attached hydrogen (secondary N) is 1. The molecule has 0 saturated carbocycles. The van der Waals surface area contributed by atoms with E-state index < -0.39 is 0 Å². The van der Waals surface area contributed by atoms with Gasteiger partial charge in [-0.1, -0.05) is 6.42 Å². The first-order valence-corrected chi connectivity index (χ1v) is 7.86. The fourth-order valence-corrected chi connectivity index (χ4v) is 2.82. The lowest BCUT2D eigenvalue weighted by molar-refractivity contribution is -0.116. The smallest absolute Gasteiger partial charge is 0.225 e. The number of nitrogens with zero attached hydrogens (tertiary/aromatic N) is 1. The quantitative estimate of drug-likeness (QED) is 0.789. The van der Waals surface area contributed by atoms with Crippen molar-refractivity contribution in [2.24, 2.45) is 0 Å². The van der Waals surface area contributed by atoms with Gasteiger partial charge in [0.2, 0.25) is 5.91 Å². The maximum Gasteiger partial charge on any atom is 0.225 e. The number of hydrogen-bond donors (Lipinski definition) is 2. The van der Waals surface area contributed by atoms with E-state index in [1.165, 1.54) is 6.92 Å². The van der Waals surface area contributed by atoms with Crippen LogP contribution in [0.3, 0.4) is 0 Å². The van der Waals surface area contributed by atoms with E-state index in [9.17, 15) is 14.7 Å². The SMILES string of the molecule is CC(=O)c1ccc(NC(=O)CCN2CCCCC2CO)cc1. The van der Waals surface area contributed by atoms with Crippen LogP contribution in [-0.4, -0.2) is 47.4 Å². The van der Waals surface area contributed by atoms with Gasteiger partial charge in [-0.15, -0.1) is 0 Å². The number of carbonyl (C=O) groups excluding carboxylic acids is 2. The number of benzene rings is 1. The minimum Gasteiger partial charge on any atom is -0.395 e. The standard InChI is InChI=1S/C17H24N2O3/c1-13(21)14-5-7-15(8-6-14)18-17(22)9-11-19-10-3-2-4-16(19)12-20/h5-8,16,20H,2-4,9-12H2,1H3,(H,18,22). The van der Waals surface area contributed by atoms with Crippen LogP contribution in [0.15, 0.2) is 24.3 Å². The van der Waals surface area contributed by atoms with Crippen LogP contribution in [0.25, 0.3) is 0 Å². The highest BCUT2D eigenvalue weighted by Crippen LogP contribution is 2.17. The van der Waals surface area contributed by atoms with E-state index in [1.54, 1.807) is 24.3 Å². The van der Waals surface area contributed by atoms with E-state index in [1.807, 2.05) is 0 Å². The fourth-order valence-electron chi connectivity index (χ4n) is 2.82. The number of carbonyl (C=O) groups is 2. The third-order valence-corrected chi connectivity index (χ3v) is 4.16. The molecule has 2 N–H and O–H groups in total. The maximum atomic E-state index is 12.0. The van der Waals surface area contributed by atoms with Gasteiger partial charge in [-0.05, 0) is 50.6 Å². The summed E-state index contributed by atoms with van der Waals surface area (Å²) in [7, 11) is 0. The molecule has 1 amide bonds. The molecule has 0 spiro atoms. The van der Waals surface area contributed by atoms with Gasteiger partial charge in [-0.2, -0.15) is 0 Å². The van der Waals surface area contributed by atoms with Crippen LogP contribution in [0.1, 0.15) is 43.0 Å². The van der Waals surface area contributed by atoms with Gasteiger partial charge in [0.05, 0.1) is 6.61 Å². The predicted octanol–water partition coefficient (Wildman–Crippen LogP) is 2.06. The number of amides is 1. The molecule has 1 saturated heterocycles. The Hall–Kier alpha value is -1.72. The van der Waals surface area contributed by atoms with E-state index in [2.05, 4.69) is 10.2 Å². The Morgan fingerprint density at radius 3 is 2.64 bits per heavy atom. The van der Waals surface area contributed by atoms with Crippen LogP contribution >= 0.6 is 0 Å². The molecule has 1 aliphatic rings. The summed E-state index contributed by atoms with van der Waals surface area (Å²) in [5.74, 6) is -0.0316. The zero-order valence-electron chi connectivity index (χ0n) is 13.0. The van der Waals surface area contributed by atoms with Gasteiger partial charge in [0.25, 0.3) is 0 Å². The summed E-state index contributed by atoms with van der Waals surface area (Å²) >= 11 is 0. The Bertz CT molecular complexity index is 513. The lowest BCUT2D eigenvalue weighted by Crippen LogP contribution is -2.43. The molecule has 1 aliphatic heterocycles. The molecule has 120 valence electrons. The van der Waals surface area contributed by atoms with Crippen LogP contribution in [-0.2, 0) is 4.79 Å². The second-order valence-electron chi connectivity index (χ2n) is 5.80. The summed E-state index contributed by atoms with van der Waals surface area (Å²) < 4.78 is 0. The van der Waals surface area contributed by atoms with Gasteiger partial charge >= 0.3 is 0 Å². The number of aliphatic hydroxyl groups excluding tert-OH is 1. The highest BCUT2D eigenvalue weighted by atomic mass is 16.3.